The van der Waals surface area contributed by atoms with Gasteiger partial charge in [0, 0.05) is 37.6 Å². The van der Waals surface area contributed by atoms with Crippen LogP contribution >= 0.6 is 0 Å². The smallest absolute Gasteiger partial charge is 0.189 e. The van der Waals surface area contributed by atoms with Gasteiger partial charge in [0.05, 0.1) is 43.0 Å². The number of hydrogen-bond acceptors (Lipinski definition) is 17. The molecule has 0 amide bonds. The average molecular weight is 596 g/mol. The van der Waals surface area contributed by atoms with Gasteiger partial charge in [-0.15, -0.1) is 0 Å². The second-order valence-corrected chi connectivity index (χ2v) is 11.5. The number of rotatable bonds is 10. The Hall–Kier alpha value is -0.680. The average Bonchev–Trinajstić information content (AvgIpc) is 2.94. The number of ether oxygens (including phenoxy) is 5. The summed E-state index contributed by atoms with van der Waals surface area (Å²) in [6, 6.07) is -3.60. The summed E-state index contributed by atoms with van der Waals surface area (Å²) in [6.07, 6.45) is -10.5. The van der Waals surface area contributed by atoms with E-state index in [-0.39, 0.29) is 32.0 Å². The summed E-state index contributed by atoms with van der Waals surface area (Å²) in [4.78, 5) is 0. The van der Waals surface area contributed by atoms with Crippen molar-refractivity contribution in [1.29, 1.82) is 0 Å². The molecule has 3 aliphatic heterocycles. The summed E-state index contributed by atoms with van der Waals surface area (Å²) in [5.74, 6) is 0. The lowest BCUT2D eigenvalue weighted by Gasteiger charge is -2.51. The van der Waals surface area contributed by atoms with E-state index in [0.29, 0.717) is 6.42 Å². The molecule has 1 aliphatic carbocycles. The fourth-order valence-electron chi connectivity index (χ4n) is 6.05. The third kappa shape index (κ3) is 7.18. The van der Waals surface area contributed by atoms with E-state index in [4.69, 9.17) is 52.4 Å². The number of nitrogens with one attached hydrogen (secondary N) is 2. The topological polar surface area (TPSA) is 301 Å². The molecule has 240 valence electrons. The van der Waals surface area contributed by atoms with Crippen LogP contribution in [0.25, 0.3) is 0 Å². The van der Waals surface area contributed by atoms with Gasteiger partial charge in [-0.2, -0.15) is 0 Å². The summed E-state index contributed by atoms with van der Waals surface area (Å²) in [5, 5.41) is 59.0. The zero-order valence-electron chi connectivity index (χ0n) is 23.2. The molecule has 17 heteroatoms. The molecule has 0 aromatic heterocycles. The van der Waals surface area contributed by atoms with Gasteiger partial charge in [-0.05, 0) is 19.9 Å². The summed E-state index contributed by atoms with van der Waals surface area (Å²) in [6.45, 7) is -0.142. The lowest BCUT2D eigenvalue weighted by molar-refractivity contribution is -0.372. The fourth-order valence-corrected chi connectivity index (χ4v) is 6.05. The second kappa shape index (κ2) is 14.4. The summed E-state index contributed by atoms with van der Waals surface area (Å²) in [7, 11) is 1.59. The quantitative estimate of drug-likeness (QED) is 0.112. The molecule has 17 N–H and O–H groups in total. The van der Waals surface area contributed by atoms with Gasteiger partial charge in [-0.1, -0.05) is 0 Å². The molecule has 3 saturated heterocycles. The molecule has 4 aliphatic rings. The van der Waals surface area contributed by atoms with E-state index in [2.05, 4.69) is 10.6 Å². The van der Waals surface area contributed by atoms with Gasteiger partial charge in [-0.3, -0.25) is 0 Å². The minimum absolute atomic E-state index is 0.174. The van der Waals surface area contributed by atoms with E-state index in [1.54, 1.807) is 7.05 Å². The van der Waals surface area contributed by atoms with Gasteiger partial charge in [0.25, 0.3) is 0 Å². The molecular weight excluding hydrogens is 546 g/mol. The van der Waals surface area contributed by atoms with Crippen LogP contribution in [0.2, 0.25) is 0 Å². The molecule has 0 spiro atoms. The van der Waals surface area contributed by atoms with Crippen LogP contribution in [0.3, 0.4) is 0 Å². The van der Waals surface area contributed by atoms with Gasteiger partial charge in [0.2, 0.25) is 0 Å². The highest BCUT2D eigenvalue weighted by atomic mass is 16.8. The molecule has 4 fully saturated rings. The molecule has 0 aromatic rings. The SMILES string of the molecule is CNC1C(O[C@H]2OC(CO)[C@@H](NC(CN)CN)C(O)C2O)O[C@H]2CC(N)[C@@H](O[C@H]3C[C@H](O)[C@H](N)CC3N)OC2C1O. The van der Waals surface area contributed by atoms with E-state index >= 15 is 0 Å². The summed E-state index contributed by atoms with van der Waals surface area (Å²) >= 11 is 0. The molecule has 9 unspecified atom stereocenters. The molecule has 1 saturated carbocycles. The maximum atomic E-state index is 11.3. The molecule has 17 nitrogen and oxygen atoms in total. The highest BCUT2D eigenvalue weighted by Gasteiger charge is 2.54. The lowest BCUT2D eigenvalue weighted by atomic mass is 9.87. The lowest BCUT2D eigenvalue weighted by Crippen LogP contribution is -2.70. The molecule has 41 heavy (non-hydrogen) atoms. The van der Waals surface area contributed by atoms with Crippen molar-refractivity contribution in [2.75, 3.05) is 26.7 Å². The molecule has 0 aromatic carbocycles. The standard InChI is InChI=1S/C24H49N7O10/c1-30-17-19(35)21-14(3-11(29)22(40-21)37-13-4-12(33)9(27)2-10(13)28)38-23(17)41-24-20(36)18(34)16(15(7-32)39-24)31-8(5-25)6-26/h8-24,30-36H,2-7,25-29H2,1H3/t9-,10?,11?,12+,13+,14+,15?,16-,17?,18?,19?,20?,21?,22+,23?,24-/m1/s1. The van der Waals surface area contributed by atoms with E-state index in [1.807, 2.05) is 0 Å². The first-order valence-corrected chi connectivity index (χ1v) is 14.2. The third-order valence-corrected chi connectivity index (χ3v) is 8.60. The van der Waals surface area contributed by atoms with E-state index < -0.39 is 105 Å². The Morgan fingerprint density at radius 3 is 2.12 bits per heavy atom. The van der Waals surface area contributed by atoms with Gasteiger partial charge < -0.3 is 88.5 Å². The predicted octanol–water partition coefficient (Wildman–Crippen LogP) is -7.00. The Morgan fingerprint density at radius 2 is 1.49 bits per heavy atom. The van der Waals surface area contributed by atoms with Crippen molar-refractivity contribution in [3.63, 3.8) is 0 Å². The summed E-state index contributed by atoms with van der Waals surface area (Å²) in [5.41, 5.74) is 29.8. The number of aliphatic hydroxyl groups excluding tert-OH is 5. The minimum atomic E-state index is -1.53. The molecule has 3 heterocycles. The first-order valence-electron chi connectivity index (χ1n) is 14.2. The van der Waals surface area contributed by atoms with Crippen LogP contribution < -0.4 is 39.3 Å². The first kappa shape index (κ1) is 33.2. The van der Waals surface area contributed by atoms with E-state index in [0.717, 1.165) is 0 Å². The highest BCUT2D eigenvalue weighted by molar-refractivity contribution is 5.01. The number of aliphatic hydroxyl groups is 5. The zero-order chi connectivity index (χ0) is 30.0. The Balaban J connectivity index is 1.41. The molecule has 16 atom stereocenters. The fraction of sp³-hybridized carbons (Fsp3) is 1.00. The molecule has 4 rings (SSSR count). The van der Waals surface area contributed by atoms with Gasteiger partial charge >= 0.3 is 0 Å². The predicted molar refractivity (Wildman–Crippen MR) is 142 cm³/mol. The number of likely N-dealkylation sites (N-methyl/N-ethyl adjacent to an activating group) is 1. The van der Waals surface area contributed by atoms with Crippen LogP contribution in [-0.2, 0) is 23.7 Å². The normalized spacial score (nSPS) is 49.2. The molecular formula is C24H49N7O10. The van der Waals surface area contributed by atoms with Crippen LogP contribution in [0.15, 0.2) is 0 Å². The van der Waals surface area contributed by atoms with E-state index in [9.17, 15) is 25.5 Å². The number of fused-ring (bicyclic) bond motifs is 1. The van der Waals surface area contributed by atoms with Gasteiger partial charge in [0.1, 0.15) is 30.5 Å². The monoisotopic (exact) mass is 595 g/mol. The Morgan fingerprint density at radius 1 is 0.780 bits per heavy atom. The van der Waals surface area contributed by atoms with E-state index in [1.165, 1.54) is 0 Å². The zero-order valence-corrected chi connectivity index (χ0v) is 23.2. The van der Waals surface area contributed by atoms with Crippen LogP contribution in [0.1, 0.15) is 19.3 Å². The Bertz CT molecular complexity index is 817. The minimum Gasteiger partial charge on any atom is -0.394 e. The van der Waals surface area contributed by atoms with Crippen molar-refractivity contribution in [1.82, 2.24) is 10.6 Å². The van der Waals surface area contributed by atoms with Crippen molar-refractivity contribution in [3.8, 4) is 0 Å². The van der Waals surface area contributed by atoms with Gasteiger partial charge in [0.15, 0.2) is 18.9 Å². The maximum absolute atomic E-state index is 11.3. The Kier molecular flexibility index (Phi) is 11.7. The van der Waals surface area contributed by atoms with Gasteiger partial charge in [-0.25, -0.2) is 0 Å². The summed E-state index contributed by atoms with van der Waals surface area (Å²) < 4.78 is 30.0. The van der Waals surface area contributed by atoms with Crippen LogP contribution in [0, 0.1) is 0 Å². The molecule has 0 bridgehead atoms. The van der Waals surface area contributed by atoms with Crippen molar-refractivity contribution in [2.45, 2.75) is 123 Å². The second-order valence-electron chi connectivity index (χ2n) is 11.5. The van der Waals surface area contributed by atoms with Crippen molar-refractivity contribution >= 4 is 0 Å². The van der Waals surface area contributed by atoms with Crippen LogP contribution in [-0.4, -0.2) is 156 Å². The maximum Gasteiger partial charge on any atom is 0.189 e. The molecule has 0 radical (unpaired) electrons. The van der Waals surface area contributed by atoms with Crippen LogP contribution in [0.5, 0.6) is 0 Å². The first-order chi connectivity index (χ1) is 19.5. The third-order valence-electron chi connectivity index (χ3n) is 8.60. The van der Waals surface area contributed by atoms with Crippen molar-refractivity contribution in [2.24, 2.45) is 28.7 Å². The number of hydrogen-bond donors (Lipinski definition) is 12. The number of nitrogens with two attached hydrogens (primary N) is 5. The van der Waals surface area contributed by atoms with Crippen molar-refractivity contribution < 1.29 is 49.2 Å². The van der Waals surface area contributed by atoms with Crippen LogP contribution in [0.4, 0.5) is 0 Å². The Labute approximate surface area is 238 Å². The largest absolute Gasteiger partial charge is 0.394 e. The van der Waals surface area contributed by atoms with Crippen molar-refractivity contribution in [3.05, 3.63) is 0 Å². The highest BCUT2D eigenvalue weighted by Crippen LogP contribution is 2.35.